The van der Waals surface area contributed by atoms with Gasteiger partial charge in [-0.25, -0.2) is 19.6 Å². The Labute approximate surface area is 190 Å². The normalized spacial score (nSPS) is 9.97. The van der Waals surface area contributed by atoms with Crippen LogP contribution in [0.5, 0.6) is 23.0 Å². The van der Waals surface area contributed by atoms with Gasteiger partial charge in [-0.15, -0.1) is 0 Å². The topological polar surface area (TPSA) is 141 Å². The molecule has 3 aromatic rings. The number of hydrogen-bond donors (Lipinski definition) is 2. The standard InChI is InChI=1S/C20H23N3O4.C2H2O4/c1-23(11-13-7-6-8-16(24-2)19(13)27-5)20-14-9-17(25-3)18(26-4)10-15(14)21-12-22-20;3-1(4)2(5)6/h6-10,12H,11H2,1-5H3;(H,3,4)(H,5,6). The van der Waals surface area contributed by atoms with Crippen molar-refractivity contribution < 1.29 is 38.7 Å². The molecule has 11 heteroatoms. The molecular formula is C22H25N3O8. The first-order chi connectivity index (χ1) is 15.8. The van der Waals surface area contributed by atoms with Crippen LogP contribution in [0, 0.1) is 0 Å². The number of methoxy groups -OCH3 is 4. The summed E-state index contributed by atoms with van der Waals surface area (Å²) in [7, 11) is 8.45. The van der Waals surface area contributed by atoms with Crippen LogP contribution in [0.3, 0.4) is 0 Å². The van der Waals surface area contributed by atoms with Gasteiger partial charge in [0.15, 0.2) is 23.0 Å². The second kappa shape index (κ2) is 11.4. The van der Waals surface area contributed by atoms with Gasteiger partial charge in [-0.3, -0.25) is 0 Å². The Kier molecular flexibility index (Phi) is 8.61. The van der Waals surface area contributed by atoms with E-state index < -0.39 is 11.9 Å². The molecule has 0 saturated carbocycles. The SMILES string of the molecule is COc1cc2ncnc(N(C)Cc3cccc(OC)c3OC)c2cc1OC.O=C(O)C(=O)O. The smallest absolute Gasteiger partial charge is 0.414 e. The van der Waals surface area contributed by atoms with Gasteiger partial charge in [-0.05, 0) is 12.1 Å². The zero-order valence-corrected chi connectivity index (χ0v) is 18.9. The fourth-order valence-electron chi connectivity index (χ4n) is 3.08. The van der Waals surface area contributed by atoms with Crippen molar-refractivity contribution >= 4 is 28.7 Å². The number of aromatic nitrogens is 2. The van der Waals surface area contributed by atoms with E-state index in [-0.39, 0.29) is 0 Å². The first kappa shape index (κ1) is 25.0. The predicted molar refractivity (Wildman–Crippen MR) is 120 cm³/mol. The molecule has 176 valence electrons. The van der Waals surface area contributed by atoms with Gasteiger partial charge in [0.1, 0.15) is 12.1 Å². The summed E-state index contributed by atoms with van der Waals surface area (Å²) in [6, 6.07) is 9.56. The molecule has 0 aliphatic rings. The van der Waals surface area contributed by atoms with Crippen LogP contribution >= 0.6 is 0 Å². The van der Waals surface area contributed by atoms with Crippen LogP contribution in [0.4, 0.5) is 5.82 Å². The number of fused-ring (bicyclic) bond motifs is 1. The van der Waals surface area contributed by atoms with Crippen LogP contribution in [-0.2, 0) is 16.1 Å². The first-order valence-electron chi connectivity index (χ1n) is 9.51. The number of ether oxygens (including phenoxy) is 4. The number of anilines is 1. The molecule has 2 N–H and O–H groups in total. The van der Waals surface area contributed by atoms with Crippen molar-refractivity contribution in [2.45, 2.75) is 6.54 Å². The molecule has 0 aliphatic carbocycles. The molecule has 0 spiro atoms. The van der Waals surface area contributed by atoms with Gasteiger partial charge < -0.3 is 34.1 Å². The summed E-state index contributed by atoms with van der Waals surface area (Å²) in [5, 5.41) is 15.7. The maximum Gasteiger partial charge on any atom is 0.414 e. The Morgan fingerprint density at radius 3 is 2.03 bits per heavy atom. The molecule has 1 heterocycles. The maximum absolute atomic E-state index is 9.10. The summed E-state index contributed by atoms with van der Waals surface area (Å²) < 4.78 is 21.7. The van der Waals surface area contributed by atoms with Gasteiger partial charge in [0.25, 0.3) is 0 Å². The first-order valence-corrected chi connectivity index (χ1v) is 9.51. The minimum Gasteiger partial charge on any atom is -0.493 e. The summed E-state index contributed by atoms with van der Waals surface area (Å²) in [5.74, 6) is -0.192. The summed E-state index contributed by atoms with van der Waals surface area (Å²) in [6.45, 7) is 0.584. The molecule has 0 atom stereocenters. The minimum absolute atomic E-state index is 0.584. The average Bonchev–Trinajstić information content (AvgIpc) is 2.82. The van der Waals surface area contributed by atoms with E-state index in [4.69, 9.17) is 38.7 Å². The van der Waals surface area contributed by atoms with E-state index >= 15 is 0 Å². The molecule has 3 rings (SSSR count). The Hall–Kier alpha value is -4.28. The average molecular weight is 459 g/mol. The van der Waals surface area contributed by atoms with E-state index in [1.807, 2.05) is 42.3 Å². The number of benzene rings is 2. The van der Waals surface area contributed by atoms with Crippen molar-refractivity contribution in [3.05, 3.63) is 42.2 Å². The van der Waals surface area contributed by atoms with Crippen molar-refractivity contribution in [1.82, 2.24) is 9.97 Å². The molecule has 0 aliphatic heterocycles. The van der Waals surface area contributed by atoms with Crippen molar-refractivity contribution in [1.29, 1.82) is 0 Å². The van der Waals surface area contributed by atoms with Crippen LogP contribution in [0.15, 0.2) is 36.7 Å². The third-order valence-electron chi connectivity index (χ3n) is 4.56. The number of carboxylic acid groups (broad SMARTS) is 2. The second-order valence-corrected chi connectivity index (χ2v) is 6.54. The molecule has 11 nitrogen and oxygen atoms in total. The maximum atomic E-state index is 9.10. The van der Waals surface area contributed by atoms with Gasteiger partial charge >= 0.3 is 11.9 Å². The van der Waals surface area contributed by atoms with Gasteiger partial charge in [-0.1, -0.05) is 12.1 Å². The van der Waals surface area contributed by atoms with E-state index in [1.54, 1.807) is 34.8 Å². The number of aliphatic carboxylic acids is 2. The number of hydrogen-bond acceptors (Lipinski definition) is 9. The van der Waals surface area contributed by atoms with Crippen molar-refractivity contribution in [3.8, 4) is 23.0 Å². The minimum atomic E-state index is -1.82. The zero-order chi connectivity index (χ0) is 24.5. The monoisotopic (exact) mass is 459 g/mol. The van der Waals surface area contributed by atoms with Gasteiger partial charge in [0, 0.05) is 30.6 Å². The number of nitrogens with zero attached hydrogens (tertiary/aromatic N) is 3. The van der Waals surface area contributed by atoms with E-state index in [9.17, 15) is 0 Å². The largest absolute Gasteiger partial charge is 0.493 e. The van der Waals surface area contributed by atoms with Crippen LogP contribution in [0.25, 0.3) is 10.9 Å². The van der Waals surface area contributed by atoms with E-state index in [0.717, 1.165) is 22.3 Å². The molecular weight excluding hydrogens is 434 g/mol. The lowest BCUT2D eigenvalue weighted by Crippen LogP contribution is -2.19. The summed E-state index contributed by atoms with van der Waals surface area (Å²) in [5.41, 5.74) is 1.77. The number of rotatable bonds is 7. The highest BCUT2D eigenvalue weighted by Crippen LogP contribution is 2.36. The van der Waals surface area contributed by atoms with Crippen molar-refractivity contribution in [2.24, 2.45) is 0 Å². The van der Waals surface area contributed by atoms with E-state index in [2.05, 4.69) is 9.97 Å². The van der Waals surface area contributed by atoms with Crippen molar-refractivity contribution in [3.63, 3.8) is 0 Å². The van der Waals surface area contributed by atoms with E-state index in [1.165, 1.54) is 0 Å². The highest BCUT2D eigenvalue weighted by molar-refractivity contribution is 6.27. The lowest BCUT2D eigenvalue weighted by molar-refractivity contribution is -0.159. The third-order valence-corrected chi connectivity index (χ3v) is 4.56. The molecule has 0 amide bonds. The fourth-order valence-corrected chi connectivity index (χ4v) is 3.08. The highest BCUT2D eigenvalue weighted by atomic mass is 16.5. The predicted octanol–water partition coefficient (Wildman–Crippen LogP) is 2.46. The summed E-state index contributed by atoms with van der Waals surface area (Å²) in [4.78, 5) is 29.1. The third kappa shape index (κ3) is 5.91. The van der Waals surface area contributed by atoms with Crippen LogP contribution in [-0.4, -0.2) is 67.6 Å². The van der Waals surface area contributed by atoms with Gasteiger partial charge in [0.05, 0.1) is 34.0 Å². The number of para-hydroxylation sites is 1. The van der Waals surface area contributed by atoms with Crippen LogP contribution < -0.4 is 23.8 Å². The molecule has 0 saturated heterocycles. The molecule has 2 aromatic carbocycles. The molecule has 0 radical (unpaired) electrons. The lowest BCUT2D eigenvalue weighted by atomic mass is 10.1. The molecule has 0 fully saturated rings. The lowest BCUT2D eigenvalue weighted by Gasteiger charge is -2.22. The summed E-state index contributed by atoms with van der Waals surface area (Å²) in [6.07, 6.45) is 1.54. The molecule has 0 unspecified atom stereocenters. The van der Waals surface area contributed by atoms with E-state index in [0.29, 0.717) is 29.5 Å². The second-order valence-electron chi connectivity index (χ2n) is 6.54. The fraction of sp³-hybridized carbons (Fsp3) is 0.273. The van der Waals surface area contributed by atoms with Crippen LogP contribution in [0.2, 0.25) is 0 Å². The van der Waals surface area contributed by atoms with Crippen LogP contribution in [0.1, 0.15) is 5.56 Å². The zero-order valence-electron chi connectivity index (χ0n) is 18.9. The highest BCUT2D eigenvalue weighted by Gasteiger charge is 2.16. The Morgan fingerprint density at radius 2 is 1.48 bits per heavy atom. The molecule has 1 aromatic heterocycles. The molecule has 0 bridgehead atoms. The van der Waals surface area contributed by atoms with Gasteiger partial charge in [-0.2, -0.15) is 0 Å². The number of carbonyl (C=O) groups is 2. The van der Waals surface area contributed by atoms with Crippen molar-refractivity contribution in [2.75, 3.05) is 40.4 Å². The molecule has 33 heavy (non-hydrogen) atoms. The quantitative estimate of drug-likeness (QED) is 0.503. The Morgan fingerprint density at radius 1 is 0.879 bits per heavy atom. The Balaban J connectivity index is 0.000000569. The Bertz CT molecular complexity index is 1120. The summed E-state index contributed by atoms with van der Waals surface area (Å²) >= 11 is 0. The van der Waals surface area contributed by atoms with Gasteiger partial charge in [0.2, 0.25) is 0 Å². The number of carboxylic acids is 2.